The molecule has 4 aromatic rings. The van der Waals surface area contributed by atoms with Crippen molar-refractivity contribution in [1.82, 2.24) is 25.9 Å². The summed E-state index contributed by atoms with van der Waals surface area (Å²) in [6.07, 6.45) is 0.727. The Hall–Kier alpha value is -4.00. The van der Waals surface area contributed by atoms with Gasteiger partial charge in [0.25, 0.3) is 5.91 Å². The highest BCUT2D eigenvalue weighted by Crippen LogP contribution is 2.43. The summed E-state index contributed by atoms with van der Waals surface area (Å²) in [5.41, 5.74) is 1.07. The van der Waals surface area contributed by atoms with Gasteiger partial charge in [-0.05, 0) is 51.1 Å². The summed E-state index contributed by atoms with van der Waals surface area (Å²) in [7, 11) is -2.40. The van der Waals surface area contributed by atoms with Crippen LogP contribution in [0.5, 0.6) is 5.75 Å². The minimum absolute atomic E-state index is 0.147. The number of halogens is 1. The smallest absolute Gasteiger partial charge is 0.255 e. The van der Waals surface area contributed by atoms with Crippen LogP contribution in [-0.2, 0) is 10.0 Å². The Balaban J connectivity index is 2.02. The van der Waals surface area contributed by atoms with Crippen molar-refractivity contribution >= 4 is 32.6 Å². The zero-order valence-electron chi connectivity index (χ0n) is 20.2. The van der Waals surface area contributed by atoms with Gasteiger partial charge >= 0.3 is 0 Å². The Morgan fingerprint density at radius 3 is 2.44 bits per heavy atom. The fourth-order valence-corrected chi connectivity index (χ4v) is 5.08. The molecule has 11 nitrogen and oxygen atoms in total. The summed E-state index contributed by atoms with van der Waals surface area (Å²) in [6, 6.07) is 7.70. The summed E-state index contributed by atoms with van der Waals surface area (Å²) in [4.78, 5) is 12.9. The molecule has 1 atom stereocenters. The van der Waals surface area contributed by atoms with E-state index < -0.39 is 27.8 Å². The summed E-state index contributed by atoms with van der Waals surface area (Å²) < 4.78 is 52.7. The molecule has 0 saturated heterocycles. The number of carbonyl (C=O) groups is 1. The maximum atomic E-state index is 13.5. The largest absolute Gasteiger partial charge is 0.489 e. The summed E-state index contributed by atoms with van der Waals surface area (Å²) >= 11 is 0. The molecule has 0 saturated carbocycles. The Bertz CT molecular complexity index is 1500. The van der Waals surface area contributed by atoms with Gasteiger partial charge in [0.15, 0.2) is 5.82 Å². The van der Waals surface area contributed by atoms with Crippen LogP contribution in [0, 0.1) is 5.82 Å². The lowest BCUT2D eigenvalue weighted by Gasteiger charge is -2.29. The lowest BCUT2D eigenvalue weighted by molar-refractivity contribution is 0.0964. The zero-order chi connectivity index (χ0) is 26.2. The van der Waals surface area contributed by atoms with Gasteiger partial charge in [-0.3, -0.25) is 9.10 Å². The third-order valence-corrected chi connectivity index (χ3v) is 6.60. The van der Waals surface area contributed by atoms with E-state index in [0.29, 0.717) is 10.9 Å². The van der Waals surface area contributed by atoms with Gasteiger partial charge in [-0.1, -0.05) is 5.21 Å². The molecule has 0 spiro atoms. The molecule has 190 valence electrons. The monoisotopic (exact) mass is 516 g/mol. The maximum Gasteiger partial charge on any atom is 0.255 e. The number of H-pyrrole nitrogens is 1. The topological polar surface area (TPSA) is 143 Å². The number of nitrogens with one attached hydrogen (secondary N) is 2. The molecule has 2 heterocycles. The van der Waals surface area contributed by atoms with Crippen LogP contribution in [-0.4, -0.2) is 54.4 Å². The van der Waals surface area contributed by atoms with Crippen molar-refractivity contribution < 1.29 is 26.8 Å². The quantitative estimate of drug-likeness (QED) is 0.363. The first-order chi connectivity index (χ1) is 17.0. The number of aromatic amines is 1. The molecular formula is C23H25FN6O5S. The highest BCUT2D eigenvalue weighted by molar-refractivity contribution is 7.92. The minimum atomic E-state index is -3.88. The van der Waals surface area contributed by atoms with Crippen LogP contribution < -0.4 is 14.4 Å². The second kappa shape index (κ2) is 9.57. The van der Waals surface area contributed by atoms with Crippen LogP contribution >= 0.6 is 0 Å². The SMILES string of the molecule is CNC(=O)c1c(-c2ccc(F)cc2)oc2cc(N(C(C)c3nn[nH]n3)S(C)(=O)=O)c(OC(C)C)cc12. The number of aromatic nitrogens is 4. The molecule has 0 aliphatic heterocycles. The number of carbonyl (C=O) groups excluding carboxylic acids is 1. The molecule has 1 amide bonds. The number of furan rings is 1. The van der Waals surface area contributed by atoms with Crippen LogP contribution in [0.3, 0.4) is 0 Å². The maximum absolute atomic E-state index is 13.5. The van der Waals surface area contributed by atoms with Gasteiger partial charge in [-0.25, -0.2) is 12.8 Å². The summed E-state index contributed by atoms with van der Waals surface area (Å²) in [5, 5.41) is 16.7. The van der Waals surface area contributed by atoms with Gasteiger partial charge in [-0.15, -0.1) is 10.2 Å². The number of tetrazole rings is 1. The minimum Gasteiger partial charge on any atom is -0.489 e. The number of hydrogen-bond donors (Lipinski definition) is 2. The molecule has 1 unspecified atom stereocenters. The van der Waals surface area contributed by atoms with Crippen molar-refractivity contribution in [2.75, 3.05) is 17.6 Å². The van der Waals surface area contributed by atoms with E-state index in [1.807, 2.05) is 0 Å². The molecule has 4 rings (SSSR count). The molecule has 2 aromatic carbocycles. The van der Waals surface area contributed by atoms with Crippen molar-refractivity contribution in [2.24, 2.45) is 0 Å². The fourth-order valence-electron chi connectivity index (χ4n) is 3.91. The van der Waals surface area contributed by atoms with Crippen molar-refractivity contribution in [3.63, 3.8) is 0 Å². The molecule has 2 aromatic heterocycles. The van der Waals surface area contributed by atoms with E-state index in [-0.39, 0.29) is 40.3 Å². The Morgan fingerprint density at radius 2 is 1.89 bits per heavy atom. The van der Waals surface area contributed by atoms with E-state index in [0.717, 1.165) is 10.6 Å². The van der Waals surface area contributed by atoms with E-state index >= 15 is 0 Å². The zero-order valence-corrected chi connectivity index (χ0v) is 21.1. The molecule has 0 aliphatic carbocycles. The van der Waals surface area contributed by atoms with E-state index in [4.69, 9.17) is 9.15 Å². The number of sulfonamides is 1. The van der Waals surface area contributed by atoms with Crippen LogP contribution in [0.2, 0.25) is 0 Å². The van der Waals surface area contributed by atoms with Gasteiger partial charge in [-0.2, -0.15) is 5.21 Å². The molecular weight excluding hydrogens is 491 g/mol. The number of amides is 1. The van der Waals surface area contributed by atoms with Gasteiger partial charge in [0.1, 0.15) is 29.0 Å². The predicted octanol–water partition coefficient (Wildman–Crippen LogP) is 3.43. The van der Waals surface area contributed by atoms with E-state index in [2.05, 4.69) is 25.9 Å². The number of ether oxygens (including phenoxy) is 1. The lowest BCUT2D eigenvalue weighted by atomic mass is 10.0. The number of anilines is 1. The molecule has 2 N–H and O–H groups in total. The third kappa shape index (κ3) is 4.73. The van der Waals surface area contributed by atoms with Crippen molar-refractivity contribution in [3.05, 3.63) is 53.6 Å². The van der Waals surface area contributed by atoms with E-state index in [1.165, 1.54) is 37.4 Å². The fraction of sp³-hybridized carbons (Fsp3) is 0.304. The Labute approximate surface area is 206 Å². The van der Waals surface area contributed by atoms with Crippen molar-refractivity contribution in [2.45, 2.75) is 32.9 Å². The van der Waals surface area contributed by atoms with Gasteiger partial charge in [0, 0.05) is 24.1 Å². The number of nitrogens with zero attached hydrogens (tertiary/aromatic N) is 4. The average molecular weight is 517 g/mol. The van der Waals surface area contributed by atoms with Crippen molar-refractivity contribution in [1.29, 1.82) is 0 Å². The molecule has 13 heteroatoms. The Kier molecular flexibility index (Phi) is 6.67. The van der Waals surface area contributed by atoms with Crippen molar-refractivity contribution in [3.8, 4) is 17.1 Å². The van der Waals surface area contributed by atoms with Gasteiger partial charge in [0.2, 0.25) is 10.0 Å². The second-order valence-electron chi connectivity index (χ2n) is 8.38. The standard InChI is InChI=1S/C23H25FN6O5S/c1-12(2)34-19-10-16-18(11-17(19)30(36(5,32)33)13(3)22-26-28-29-27-22)35-21(20(16)23(31)25-4)14-6-8-15(24)9-7-14/h6-13H,1-5H3,(H,25,31)(H,26,27,28,29). The predicted molar refractivity (Wildman–Crippen MR) is 131 cm³/mol. The summed E-state index contributed by atoms with van der Waals surface area (Å²) in [6.45, 7) is 5.19. The van der Waals surface area contributed by atoms with Crippen LogP contribution in [0.25, 0.3) is 22.3 Å². The molecule has 36 heavy (non-hydrogen) atoms. The normalized spacial score (nSPS) is 12.6. The highest BCUT2D eigenvalue weighted by atomic mass is 32.2. The van der Waals surface area contributed by atoms with E-state index in [9.17, 15) is 17.6 Å². The van der Waals surface area contributed by atoms with Gasteiger partial charge < -0.3 is 14.5 Å². The molecule has 0 radical (unpaired) electrons. The van der Waals surface area contributed by atoms with Crippen LogP contribution in [0.15, 0.2) is 40.8 Å². The number of fused-ring (bicyclic) bond motifs is 1. The second-order valence-corrected chi connectivity index (χ2v) is 10.2. The Morgan fingerprint density at radius 1 is 1.19 bits per heavy atom. The average Bonchev–Trinajstić information content (AvgIpc) is 3.46. The number of hydrogen-bond acceptors (Lipinski definition) is 8. The number of benzene rings is 2. The third-order valence-electron chi connectivity index (χ3n) is 5.37. The van der Waals surface area contributed by atoms with Crippen LogP contribution in [0.1, 0.15) is 43.0 Å². The summed E-state index contributed by atoms with van der Waals surface area (Å²) in [5.74, 6) is -0.320. The molecule has 0 bridgehead atoms. The highest BCUT2D eigenvalue weighted by Gasteiger charge is 2.33. The molecule has 0 aliphatic rings. The molecule has 0 fully saturated rings. The number of rotatable bonds is 8. The lowest BCUT2D eigenvalue weighted by Crippen LogP contribution is -2.34. The first kappa shape index (κ1) is 25.1. The van der Waals surface area contributed by atoms with Gasteiger partial charge in [0.05, 0.1) is 23.6 Å². The van der Waals surface area contributed by atoms with E-state index in [1.54, 1.807) is 26.8 Å². The van der Waals surface area contributed by atoms with Crippen LogP contribution in [0.4, 0.5) is 10.1 Å². The first-order valence-corrected chi connectivity index (χ1v) is 12.8. The first-order valence-electron chi connectivity index (χ1n) is 11.0.